The predicted octanol–water partition coefficient (Wildman–Crippen LogP) is 3.81. The zero-order chi connectivity index (χ0) is 11.5. The molecule has 1 nitrogen and oxygen atoms in total. The van der Waals surface area contributed by atoms with Gasteiger partial charge in [-0.05, 0) is 23.6 Å². The molecular formula is C12H18ClNS. The van der Waals surface area contributed by atoms with Gasteiger partial charge in [0, 0.05) is 21.7 Å². The number of hydrogen-bond donors (Lipinski definition) is 1. The van der Waals surface area contributed by atoms with E-state index in [1.54, 1.807) is 11.8 Å². The Hall–Kier alpha value is -0.180. The summed E-state index contributed by atoms with van der Waals surface area (Å²) in [6, 6.07) is 7.92. The summed E-state index contributed by atoms with van der Waals surface area (Å²) >= 11 is 7.74. The normalized spacial score (nSPS) is 13.9. The molecule has 0 bridgehead atoms. The first-order valence-electron chi connectivity index (χ1n) is 5.06. The van der Waals surface area contributed by atoms with Crippen LogP contribution in [0.1, 0.15) is 20.8 Å². The van der Waals surface area contributed by atoms with Gasteiger partial charge < -0.3 is 5.73 Å². The first-order chi connectivity index (χ1) is 6.93. The highest BCUT2D eigenvalue weighted by atomic mass is 35.5. The highest BCUT2D eigenvalue weighted by Gasteiger charge is 2.24. The predicted molar refractivity (Wildman–Crippen MR) is 69.6 cm³/mol. The number of thioether (sulfide) groups is 1. The Morgan fingerprint density at radius 3 is 2.53 bits per heavy atom. The van der Waals surface area contributed by atoms with Gasteiger partial charge in [-0.2, -0.15) is 0 Å². The van der Waals surface area contributed by atoms with Crippen molar-refractivity contribution in [2.24, 2.45) is 11.1 Å². The second-order valence-electron chi connectivity index (χ2n) is 4.67. The van der Waals surface area contributed by atoms with E-state index in [1.165, 1.54) is 4.90 Å². The molecule has 0 amide bonds. The molecule has 1 atom stereocenters. The van der Waals surface area contributed by atoms with Crippen LogP contribution in [0.3, 0.4) is 0 Å². The summed E-state index contributed by atoms with van der Waals surface area (Å²) in [7, 11) is 0. The first-order valence-corrected chi connectivity index (χ1v) is 6.31. The molecular weight excluding hydrogens is 226 g/mol. The summed E-state index contributed by atoms with van der Waals surface area (Å²) in [5.74, 6) is 0. The Labute approximate surface area is 101 Å². The van der Waals surface area contributed by atoms with Crippen molar-refractivity contribution in [2.75, 3.05) is 6.54 Å². The second kappa shape index (κ2) is 5.24. The molecule has 0 radical (unpaired) electrons. The van der Waals surface area contributed by atoms with Crippen LogP contribution in [0.15, 0.2) is 29.2 Å². The molecule has 0 aromatic heterocycles. The molecule has 15 heavy (non-hydrogen) atoms. The molecule has 0 heterocycles. The van der Waals surface area contributed by atoms with Crippen LogP contribution < -0.4 is 5.73 Å². The van der Waals surface area contributed by atoms with Crippen molar-refractivity contribution < 1.29 is 0 Å². The summed E-state index contributed by atoms with van der Waals surface area (Å²) in [5, 5.41) is 1.20. The van der Waals surface area contributed by atoms with Crippen LogP contribution in [0.5, 0.6) is 0 Å². The quantitative estimate of drug-likeness (QED) is 0.818. The number of halogens is 1. The Balaban J connectivity index is 2.76. The van der Waals surface area contributed by atoms with E-state index in [0.29, 0.717) is 11.8 Å². The van der Waals surface area contributed by atoms with Crippen LogP contribution >= 0.6 is 23.4 Å². The average molecular weight is 244 g/mol. The molecule has 0 fully saturated rings. The second-order valence-corrected chi connectivity index (χ2v) is 6.38. The molecule has 1 rings (SSSR count). The number of hydrogen-bond acceptors (Lipinski definition) is 2. The summed E-state index contributed by atoms with van der Waals surface area (Å²) in [4.78, 5) is 1.19. The van der Waals surface area contributed by atoms with E-state index in [4.69, 9.17) is 17.3 Å². The lowest BCUT2D eigenvalue weighted by Crippen LogP contribution is -2.30. The third kappa shape index (κ3) is 4.06. The Morgan fingerprint density at radius 2 is 2.07 bits per heavy atom. The molecule has 1 aromatic carbocycles. The average Bonchev–Trinajstić information content (AvgIpc) is 2.12. The molecule has 1 aromatic rings. The van der Waals surface area contributed by atoms with Crippen molar-refractivity contribution in [1.29, 1.82) is 0 Å². The summed E-state index contributed by atoms with van der Waals surface area (Å²) < 4.78 is 0. The van der Waals surface area contributed by atoms with Crippen molar-refractivity contribution in [3.8, 4) is 0 Å². The molecule has 0 aliphatic heterocycles. The van der Waals surface area contributed by atoms with Crippen LogP contribution in [-0.4, -0.2) is 11.8 Å². The van der Waals surface area contributed by atoms with E-state index in [-0.39, 0.29) is 5.41 Å². The molecule has 0 aliphatic carbocycles. The molecule has 2 N–H and O–H groups in total. The molecule has 0 aliphatic rings. The van der Waals surface area contributed by atoms with Gasteiger partial charge in [0.05, 0.1) is 0 Å². The van der Waals surface area contributed by atoms with Crippen molar-refractivity contribution in [1.82, 2.24) is 0 Å². The van der Waals surface area contributed by atoms with Gasteiger partial charge in [-0.15, -0.1) is 11.8 Å². The summed E-state index contributed by atoms with van der Waals surface area (Å²) in [5.41, 5.74) is 6.00. The first kappa shape index (κ1) is 12.9. The minimum Gasteiger partial charge on any atom is -0.329 e. The van der Waals surface area contributed by atoms with E-state index in [1.807, 2.05) is 18.2 Å². The Morgan fingerprint density at radius 1 is 1.40 bits per heavy atom. The molecule has 3 heteroatoms. The molecule has 84 valence electrons. The van der Waals surface area contributed by atoms with Gasteiger partial charge in [0.25, 0.3) is 0 Å². The lowest BCUT2D eigenvalue weighted by atomic mass is 9.92. The highest BCUT2D eigenvalue weighted by Crippen LogP contribution is 2.35. The minimum atomic E-state index is 0.210. The SMILES string of the molecule is CC(C)(C)C(CN)Sc1cccc(Cl)c1. The smallest absolute Gasteiger partial charge is 0.0417 e. The van der Waals surface area contributed by atoms with Crippen molar-refractivity contribution in [3.63, 3.8) is 0 Å². The van der Waals surface area contributed by atoms with E-state index >= 15 is 0 Å². The van der Waals surface area contributed by atoms with Gasteiger partial charge in [-0.25, -0.2) is 0 Å². The van der Waals surface area contributed by atoms with E-state index < -0.39 is 0 Å². The zero-order valence-electron chi connectivity index (χ0n) is 9.46. The third-order valence-corrected chi connectivity index (χ3v) is 4.20. The van der Waals surface area contributed by atoms with Crippen molar-refractivity contribution in [2.45, 2.75) is 30.9 Å². The molecule has 0 saturated heterocycles. The third-order valence-electron chi connectivity index (χ3n) is 2.25. The maximum absolute atomic E-state index is 5.94. The topological polar surface area (TPSA) is 26.0 Å². The van der Waals surface area contributed by atoms with Crippen LogP contribution in [-0.2, 0) is 0 Å². The van der Waals surface area contributed by atoms with Crippen LogP contribution in [0, 0.1) is 5.41 Å². The molecule has 1 unspecified atom stereocenters. The van der Waals surface area contributed by atoms with Crippen molar-refractivity contribution in [3.05, 3.63) is 29.3 Å². The largest absolute Gasteiger partial charge is 0.329 e. The lowest BCUT2D eigenvalue weighted by molar-refractivity contribution is 0.398. The van der Waals surface area contributed by atoms with Gasteiger partial charge >= 0.3 is 0 Å². The van der Waals surface area contributed by atoms with E-state index in [9.17, 15) is 0 Å². The summed E-state index contributed by atoms with van der Waals surface area (Å²) in [6.45, 7) is 7.31. The van der Waals surface area contributed by atoms with Gasteiger partial charge in [-0.3, -0.25) is 0 Å². The maximum Gasteiger partial charge on any atom is 0.0417 e. The fraction of sp³-hybridized carbons (Fsp3) is 0.500. The van der Waals surface area contributed by atoms with Gasteiger partial charge in [0.2, 0.25) is 0 Å². The minimum absolute atomic E-state index is 0.210. The van der Waals surface area contributed by atoms with Crippen molar-refractivity contribution >= 4 is 23.4 Å². The lowest BCUT2D eigenvalue weighted by Gasteiger charge is -2.29. The fourth-order valence-corrected chi connectivity index (χ4v) is 2.67. The Kier molecular flexibility index (Phi) is 4.50. The fourth-order valence-electron chi connectivity index (χ4n) is 1.28. The number of rotatable bonds is 3. The van der Waals surface area contributed by atoms with Crippen LogP contribution in [0.2, 0.25) is 5.02 Å². The van der Waals surface area contributed by atoms with Gasteiger partial charge in [-0.1, -0.05) is 38.4 Å². The number of benzene rings is 1. The summed E-state index contributed by atoms with van der Waals surface area (Å²) in [6.07, 6.45) is 0. The maximum atomic E-state index is 5.94. The van der Waals surface area contributed by atoms with E-state index in [2.05, 4.69) is 26.8 Å². The van der Waals surface area contributed by atoms with Gasteiger partial charge in [0.15, 0.2) is 0 Å². The van der Waals surface area contributed by atoms with Gasteiger partial charge in [0.1, 0.15) is 0 Å². The monoisotopic (exact) mass is 243 g/mol. The standard InChI is InChI=1S/C12H18ClNS/c1-12(2,3)11(8-14)15-10-6-4-5-9(13)7-10/h4-7,11H,8,14H2,1-3H3. The van der Waals surface area contributed by atoms with Crippen LogP contribution in [0.25, 0.3) is 0 Å². The zero-order valence-corrected chi connectivity index (χ0v) is 11.0. The van der Waals surface area contributed by atoms with E-state index in [0.717, 1.165) is 5.02 Å². The molecule has 0 spiro atoms. The van der Waals surface area contributed by atoms with Crippen LogP contribution in [0.4, 0.5) is 0 Å². The highest BCUT2D eigenvalue weighted by molar-refractivity contribution is 8.00. The Bertz CT molecular complexity index is 320. The number of nitrogens with two attached hydrogens (primary N) is 1. The molecule has 0 saturated carbocycles.